The number of hydrogen-bond acceptors (Lipinski definition) is 3. The first-order chi connectivity index (χ1) is 14.5. The van der Waals surface area contributed by atoms with Crippen LogP contribution in [0.3, 0.4) is 0 Å². The van der Waals surface area contributed by atoms with Gasteiger partial charge in [-0.3, -0.25) is 0 Å². The molecule has 0 saturated carbocycles. The zero-order valence-corrected chi connectivity index (χ0v) is 20.6. The molecule has 0 bridgehead atoms. The number of thioether (sulfide) groups is 1. The summed E-state index contributed by atoms with van der Waals surface area (Å²) < 4.78 is 6.06. The fourth-order valence-electron chi connectivity index (χ4n) is 4.85. The summed E-state index contributed by atoms with van der Waals surface area (Å²) in [5, 5.41) is 0. The van der Waals surface area contributed by atoms with Gasteiger partial charge in [-0.1, -0.05) is 54.6 Å². The Hall–Kier alpha value is -1.78. The molecule has 0 N–H and O–H groups in total. The summed E-state index contributed by atoms with van der Waals surface area (Å²) in [7, 11) is 6.14. The van der Waals surface area contributed by atoms with Gasteiger partial charge in [-0.05, 0) is 85.6 Å². The normalized spacial score (nSPS) is 20.3. The molecule has 0 aliphatic heterocycles. The molecule has 2 atom stereocenters. The third-order valence-electron chi connectivity index (χ3n) is 6.65. The molecule has 3 aromatic carbocycles. The molecule has 0 radical (unpaired) electrons. The maximum absolute atomic E-state index is 6.06. The van der Waals surface area contributed by atoms with Crippen molar-refractivity contribution >= 4 is 24.2 Å². The number of halogens is 1. The Morgan fingerprint density at radius 2 is 1.39 bits per heavy atom. The highest BCUT2D eigenvalue weighted by Gasteiger charge is 2.41. The van der Waals surface area contributed by atoms with Crippen LogP contribution in [0.1, 0.15) is 24.5 Å². The lowest BCUT2D eigenvalue weighted by Gasteiger charge is -2.45. The van der Waals surface area contributed by atoms with Crippen LogP contribution in [0.4, 0.5) is 0 Å². The van der Waals surface area contributed by atoms with Gasteiger partial charge in [-0.2, -0.15) is 0 Å². The first kappa shape index (κ1) is 23.9. The van der Waals surface area contributed by atoms with E-state index in [4.69, 9.17) is 4.74 Å². The zero-order valence-electron chi connectivity index (χ0n) is 19.0. The number of hydrogen-bond donors (Lipinski definition) is 0. The molecule has 2 unspecified atom stereocenters. The fraction of sp³-hybridized carbons (Fsp3) is 0.333. The Kier molecular flexibility index (Phi) is 7.54. The third-order valence-corrected chi connectivity index (χ3v) is 7.40. The predicted molar refractivity (Wildman–Crippen MR) is 136 cm³/mol. The smallest absolute Gasteiger partial charge is 0.106 e. The Balaban J connectivity index is 0.00000272. The Labute approximate surface area is 197 Å². The van der Waals surface area contributed by atoms with Crippen molar-refractivity contribution in [3.63, 3.8) is 0 Å². The van der Waals surface area contributed by atoms with Crippen LogP contribution >= 0.6 is 24.2 Å². The fourth-order valence-corrected chi connectivity index (χ4v) is 5.26. The van der Waals surface area contributed by atoms with Crippen molar-refractivity contribution in [2.24, 2.45) is 0 Å². The second-order valence-electron chi connectivity index (χ2n) is 8.51. The molecule has 0 fully saturated rings. The second kappa shape index (κ2) is 9.79. The molecule has 2 nitrogen and oxygen atoms in total. The molecule has 3 aromatic rings. The minimum atomic E-state index is -0.275. The molecule has 4 heteroatoms. The molecule has 0 aromatic heterocycles. The van der Waals surface area contributed by atoms with Crippen molar-refractivity contribution in [3.8, 4) is 22.3 Å². The van der Waals surface area contributed by atoms with Gasteiger partial charge in [0.05, 0.1) is 0 Å². The summed E-state index contributed by atoms with van der Waals surface area (Å²) in [5.74, 6) is 0. The first-order valence-electron chi connectivity index (χ1n) is 10.6. The van der Waals surface area contributed by atoms with Crippen molar-refractivity contribution in [1.82, 2.24) is 4.90 Å². The van der Waals surface area contributed by atoms with Gasteiger partial charge in [0.25, 0.3) is 0 Å². The molecule has 31 heavy (non-hydrogen) atoms. The van der Waals surface area contributed by atoms with E-state index in [-0.39, 0.29) is 18.0 Å². The lowest BCUT2D eigenvalue weighted by atomic mass is 9.75. The van der Waals surface area contributed by atoms with Gasteiger partial charge >= 0.3 is 0 Å². The number of nitrogens with zero attached hydrogens (tertiary/aromatic N) is 1. The predicted octanol–water partition coefficient (Wildman–Crippen LogP) is 6.90. The Morgan fingerprint density at radius 3 is 1.90 bits per heavy atom. The molecule has 1 aliphatic carbocycles. The molecule has 1 aliphatic rings. The average molecular weight is 454 g/mol. The number of ether oxygens (including phenoxy) is 1. The number of benzene rings is 3. The molecule has 0 amide bonds. The van der Waals surface area contributed by atoms with E-state index in [2.05, 4.69) is 98.9 Å². The maximum atomic E-state index is 6.06. The summed E-state index contributed by atoms with van der Waals surface area (Å²) in [6, 6.07) is 25.0. The molecule has 0 spiro atoms. The average Bonchev–Trinajstić information content (AvgIpc) is 2.79. The largest absolute Gasteiger partial charge is 0.372 e. The van der Waals surface area contributed by atoms with Crippen LogP contribution < -0.4 is 0 Å². The molecule has 0 saturated heterocycles. The number of fused-ring (bicyclic) bond motifs is 1. The van der Waals surface area contributed by atoms with Gasteiger partial charge in [-0.25, -0.2) is 0 Å². The van der Waals surface area contributed by atoms with Crippen molar-refractivity contribution in [1.29, 1.82) is 0 Å². The van der Waals surface area contributed by atoms with Crippen LogP contribution in [0.5, 0.6) is 0 Å². The SMILES string of the molecule is COC1(C)c2ccc(-c3ccc(-c4ccc(SC)cc4)cc3)cc2CCC1N(C)C.Cl. The van der Waals surface area contributed by atoms with Gasteiger partial charge in [-0.15, -0.1) is 24.2 Å². The van der Waals surface area contributed by atoms with Crippen LogP contribution in [-0.4, -0.2) is 38.4 Å². The topological polar surface area (TPSA) is 12.5 Å². The van der Waals surface area contributed by atoms with Crippen LogP contribution in [-0.2, 0) is 16.8 Å². The van der Waals surface area contributed by atoms with E-state index in [9.17, 15) is 0 Å². The highest BCUT2D eigenvalue weighted by atomic mass is 35.5. The van der Waals surface area contributed by atoms with Crippen molar-refractivity contribution in [3.05, 3.63) is 77.9 Å². The van der Waals surface area contributed by atoms with Crippen molar-refractivity contribution in [2.45, 2.75) is 36.3 Å². The zero-order chi connectivity index (χ0) is 21.3. The second-order valence-corrected chi connectivity index (χ2v) is 9.39. The molecule has 0 heterocycles. The van der Waals surface area contributed by atoms with Gasteiger partial charge in [0.15, 0.2) is 0 Å². The van der Waals surface area contributed by atoms with Crippen LogP contribution in [0, 0.1) is 0 Å². The van der Waals surface area contributed by atoms with Crippen LogP contribution in [0.2, 0.25) is 0 Å². The first-order valence-corrected chi connectivity index (χ1v) is 11.8. The summed E-state index contributed by atoms with van der Waals surface area (Å²) in [5.41, 5.74) is 7.51. The van der Waals surface area contributed by atoms with E-state index < -0.39 is 0 Å². The summed E-state index contributed by atoms with van der Waals surface area (Å²) >= 11 is 1.77. The summed E-state index contributed by atoms with van der Waals surface area (Å²) in [6.45, 7) is 2.23. The van der Waals surface area contributed by atoms with Gasteiger partial charge < -0.3 is 9.64 Å². The number of aryl methyl sites for hydroxylation is 1. The quantitative estimate of drug-likeness (QED) is 0.390. The number of methoxy groups -OCH3 is 1. The number of rotatable bonds is 5. The highest BCUT2D eigenvalue weighted by Crippen LogP contribution is 2.41. The third kappa shape index (κ3) is 4.56. The van der Waals surface area contributed by atoms with Gasteiger partial charge in [0.2, 0.25) is 0 Å². The van der Waals surface area contributed by atoms with Gasteiger partial charge in [0.1, 0.15) is 5.60 Å². The van der Waals surface area contributed by atoms with Crippen LogP contribution in [0.25, 0.3) is 22.3 Å². The van der Waals surface area contributed by atoms with E-state index in [0.29, 0.717) is 6.04 Å². The van der Waals surface area contributed by atoms with E-state index in [0.717, 1.165) is 12.8 Å². The minimum Gasteiger partial charge on any atom is -0.372 e. The summed E-state index contributed by atoms with van der Waals surface area (Å²) in [4.78, 5) is 3.59. The summed E-state index contributed by atoms with van der Waals surface area (Å²) in [6.07, 6.45) is 4.31. The molecular formula is C27H32ClNOS. The Bertz CT molecular complexity index is 1020. The van der Waals surface area contributed by atoms with Gasteiger partial charge in [0, 0.05) is 18.0 Å². The molecule has 164 valence electrons. The van der Waals surface area contributed by atoms with E-state index in [1.165, 1.54) is 38.3 Å². The number of likely N-dealkylation sites (N-methyl/N-ethyl adjacent to an activating group) is 1. The van der Waals surface area contributed by atoms with E-state index in [1.54, 1.807) is 11.8 Å². The molecule has 4 rings (SSSR count). The van der Waals surface area contributed by atoms with Crippen molar-refractivity contribution in [2.75, 3.05) is 27.5 Å². The molecular weight excluding hydrogens is 422 g/mol. The van der Waals surface area contributed by atoms with Crippen LogP contribution in [0.15, 0.2) is 71.6 Å². The highest BCUT2D eigenvalue weighted by molar-refractivity contribution is 7.98. The standard InChI is InChI=1S/C27H31NOS.ClH/c1-27(29-4)25-16-12-22(18-23(25)13-17-26(27)28(2)3)21-8-6-19(7-9-21)20-10-14-24(30-5)15-11-20;/h6-12,14-16,18,26H,13,17H2,1-5H3;1H. The van der Waals surface area contributed by atoms with E-state index in [1.807, 2.05) is 7.11 Å². The maximum Gasteiger partial charge on any atom is 0.106 e. The minimum absolute atomic E-state index is 0. The monoisotopic (exact) mass is 453 g/mol. The van der Waals surface area contributed by atoms with E-state index >= 15 is 0 Å². The van der Waals surface area contributed by atoms with Crippen molar-refractivity contribution < 1.29 is 4.74 Å². The lowest BCUT2D eigenvalue weighted by Crippen LogP contribution is -2.50. The lowest BCUT2D eigenvalue weighted by molar-refractivity contribution is -0.0686. The Morgan fingerprint density at radius 1 is 0.871 bits per heavy atom.